The van der Waals surface area contributed by atoms with Crippen LogP contribution in [0.1, 0.15) is 24.4 Å². The number of benzene rings is 1. The molecule has 5 rings (SSSR count). The SMILES string of the molecule is C=CC(=O)N1CCC[C@@H](n2nc(-c3ccc(Oc4ncccc4C)cc3)c3c(N)n[nH]c(=O)c32)C1. The van der Waals surface area contributed by atoms with E-state index in [0.29, 0.717) is 41.3 Å². The molecule has 0 aliphatic carbocycles. The maximum atomic E-state index is 12.8. The largest absolute Gasteiger partial charge is 0.439 e. The summed E-state index contributed by atoms with van der Waals surface area (Å²) in [5.74, 6) is 1.19. The van der Waals surface area contributed by atoms with Gasteiger partial charge in [-0.05, 0) is 56.2 Å². The van der Waals surface area contributed by atoms with Gasteiger partial charge in [0.15, 0.2) is 5.82 Å². The molecule has 0 bridgehead atoms. The summed E-state index contributed by atoms with van der Waals surface area (Å²) in [6.45, 7) is 6.59. The number of nitrogens with zero attached hydrogens (tertiary/aromatic N) is 5. The van der Waals surface area contributed by atoms with E-state index in [2.05, 4.69) is 21.8 Å². The van der Waals surface area contributed by atoms with E-state index >= 15 is 0 Å². The number of piperidine rings is 1. The Kier molecular flexibility index (Phi) is 5.77. The number of carbonyl (C=O) groups excluding carboxylic acids is 1. The van der Waals surface area contributed by atoms with Crippen LogP contribution in [0, 0.1) is 6.92 Å². The molecule has 10 heteroatoms. The van der Waals surface area contributed by atoms with Crippen molar-refractivity contribution in [1.82, 2.24) is 29.9 Å². The summed E-state index contributed by atoms with van der Waals surface area (Å²) in [7, 11) is 0. The van der Waals surface area contributed by atoms with Gasteiger partial charge in [-0.3, -0.25) is 14.3 Å². The second-order valence-electron chi connectivity index (χ2n) is 8.49. The molecule has 3 N–H and O–H groups in total. The number of nitrogens with one attached hydrogen (secondary N) is 1. The molecular weight excluding hydrogens is 446 g/mol. The summed E-state index contributed by atoms with van der Waals surface area (Å²) in [6.07, 6.45) is 4.55. The third-order valence-electron chi connectivity index (χ3n) is 6.19. The van der Waals surface area contributed by atoms with Gasteiger partial charge in [0.25, 0.3) is 5.56 Å². The maximum absolute atomic E-state index is 12.8. The minimum Gasteiger partial charge on any atom is -0.439 e. The van der Waals surface area contributed by atoms with Crippen LogP contribution in [0.3, 0.4) is 0 Å². The lowest BCUT2D eigenvalue weighted by atomic mass is 10.1. The molecular formula is C25H25N7O3. The molecule has 1 atom stereocenters. The Balaban J connectivity index is 1.54. The van der Waals surface area contributed by atoms with Crippen molar-refractivity contribution in [2.24, 2.45) is 0 Å². The Hall–Kier alpha value is -4.47. The van der Waals surface area contributed by atoms with Crippen LogP contribution in [0.15, 0.2) is 60.0 Å². The monoisotopic (exact) mass is 471 g/mol. The van der Waals surface area contributed by atoms with E-state index in [4.69, 9.17) is 15.6 Å². The number of nitrogens with two attached hydrogens (primary N) is 1. The number of likely N-dealkylation sites (tertiary alicyclic amines) is 1. The van der Waals surface area contributed by atoms with Crippen LogP contribution >= 0.6 is 0 Å². The predicted octanol–water partition coefficient (Wildman–Crippen LogP) is 3.21. The molecule has 35 heavy (non-hydrogen) atoms. The molecule has 4 aromatic rings. The Morgan fingerprint density at radius 3 is 2.83 bits per heavy atom. The fourth-order valence-electron chi connectivity index (χ4n) is 4.43. The number of nitrogen functional groups attached to an aromatic ring is 1. The van der Waals surface area contributed by atoms with Crippen molar-refractivity contribution in [3.63, 3.8) is 0 Å². The van der Waals surface area contributed by atoms with Gasteiger partial charge in [0.05, 0.1) is 11.4 Å². The molecule has 10 nitrogen and oxygen atoms in total. The molecule has 3 aromatic heterocycles. The first-order valence-electron chi connectivity index (χ1n) is 11.3. The predicted molar refractivity (Wildman–Crippen MR) is 132 cm³/mol. The number of carbonyl (C=O) groups is 1. The highest BCUT2D eigenvalue weighted by atomic mass is 16.5. The summed E-state index contributed by atoms with van der Waals surface area (Å²) in [5.41, 5.74) is 8.39. The summed E-state index contributed by atoms with van der Waals surface area (Å²) < 4.78 is 7.59. The molecule has 0 saturated carbocycles. The number of pyridine rings is 1. The third-order valence-corrected chi connectivity index (χ3v) is 6.19. The van der Waals surface area contributed by atoms with Crippen LogP contribution in [0.4, 0.5) is 5.82 Å². The fraction of sp³-hybridized carbons (Fsp3) is 0.240. The van der Waals surface area contributed by atoms with E-state index in [1.165, 1.54) is 6.08 Å². The Morgan fingerprint density at radius 2 is 2.09 bits per heavy atom. The number of aromatic amines is 1. The summed E-state index contributed by atoms with van der Waals surface area (Å²) in [4.78, 5) is 31.0. The minimum absolute atomic E-state index is 0.139. The first-order valence-corrected chi connectivity index (χ1v) is 11.3. The minimum atomic E-state index is -0.384. The van der Waals surface area contributed by atoms with E-state index < -0.39 is 0 Å². The van der Waals surface area contributed by atoms with Crippen molar-refractivity contribution in [3.8, 4) is 22.9 Å². The first-order chi connectivity index (χ1) is 17.0. The van der Waals surface area contributed by atoms with Crippen molar-refractivity contribution in [1.29, 1.82) is 0 Å². The van der Waals surface area contributed by atoms with Gasteiger partial charge in [-0.1, -0.05) is 12.6 Å². The third kappa shape index (κ3) is 4.14. The van der Waals surface area contributed by atoms with Gasteiger partial charge >= 0.3 is 0 Å². The standard InChI is InChI=1S/C25H25N7O3/c1-3-19(33)31-13-5-7-17(14-31)32-22-20(23(26)28-29-24(22)34)21(30-32)16-8-10-18(11-9-16)35-25-15(2)6-4-12-27-25/h3-4,6,8-12,17H,1,5,7,13-14H2,2H3,(H2,26,28)(H,29,34)/t17-/m1/s1. The summed E-state index contributed by atoms with van der Waals surface area (Å²) >= 11 is 0. The molecule has 0 radical (unpaired) electrons. The van der Waals surface area contributed by atoms with Crippen LogP contribution in [-0.4, -0.2) is 48.9 Å². The number of amides is 1. The molecule has 0 unspecified atom stereocenters. The van der Waals surface area contributed by atoms with E-state index in [1.54, 1.807) is 15.8 Å². The van der Waals surface area contributed by atoms with Crippen molar-refractivity contribution < 1.29 is 9.53 Å². The molecule has 1 aliphatic heterocycles. The lowest BCUT2D eigenvalue weighted by Gasteiger charge is -2.32. The van der Waals surface area contributed by atoms with E-state index in [9.17, 15) is 9.59 Å². The van der Waals surface area contributed by atoms with E-state index in [1.807, 2.05) is 43.3 Å². The Labute approximate surface area is 201 Å². The van der Waals surface area contributed by atoms with Crippen LogP contribution < -0.4 is 16.0 Å². The number of hydrogen-bond donors (Lipinski definition) is 2. The van der Waals surface area contributed by atoms with Gasteiger partial charge in [-0.2, -0.15) is 10.2 Å². The van der Waals surface area contributed by atoms with Crippen LogP contribution in [0.2, 0.25) is 0 Å². The molecule has 1 amide bonds. The number of anilines is 1. The lowest BCUT2D eigenvalue weighted by molar-refractivity contribution is -0.127. The van der Waals surface area contributed by atoms with Crippen LogP contribution in [-0.2, 0) is 4.79 Å². The lowest BCUT2D eigenvalue weighted by Crippen LogP contribution is -2.40. The number of aromatic nitrogens is 5. The number of fused-ring (bicyclic) bond motifs is 1. The average molecular weight is 472 g/mol. The van der Waals surface area contributed by atoms with Gasteiger partial charge in [0, 0.05) is 30.4 Å². The number of aryl methyl sites for hydroxylation is 1. The fourth-order valence-corrected chi connectivity index (χ4v) is 4.43. The smallest absolute Gasteiger partial charge is 0.290 e. The number of ether oxygens (including phenoxy) is 1. The highest BCUT2D eigenvalue weighted by molar-refractivity contribution is 5.99. The Morgan fingerprint density at radius 1 is 1.29 bits per heavy atom. The number of hydrogen-bond acceptors (Lipinski definition) is 7. The molecule has 178 valence electrons. The van der Waals surface area contributed by atoms with Crippen molar-refractivity contribution in [2.45, 2.75) is 25.8 Å². The number of H-pyrrole nitrogens is 1. The molecule has 1 saturated heterocycles. The molecule has 1 aromatic carbocycles. The molecule has 1 aliphatic rings. The molecule has 0 spiro atoms. The van der Waals surface area contributed by atoms with Crippen molar-refractivity contribution in [3.05, 3.63) is 71.2 Å². The second kappa shape index (κ2) is 9.05. The first kappa shape index (κ1) is 22.3. The Bertz CT molecular complexity index is 1470. The topological polar surface area (TPSA) is 132 Å². The zero-order valence-corrected chi connectivity index (χ0v) is 19.3. The van der Waals surface area contributed by atoms with Crippen molar-refractivity contribution in [2.75, 3.05) is 18.8 Å². The highest BCUT2D eigenvalue weighted by Gasteiger charge is 2.28. The van der Waals surface area contributed by atoms with Crippen LogP contribution in [0.5, 0.6) is 11.6 Å². The summed E-state index contributed by atoms with van der Waals surface area (Å²) in [6, 6.07) is 10.9. The van der Waals surface area contributed by atoms with E-state index in [-0.39, 0.29) is 23.3 Å². The normalized spacial score (nSPS) is 15.8. The van der Waals surface area contributed by atoms with Gasteiger partial charge in [0.1, 0.15) is 17.0 Å². The summed E-state index contributed by atoms with van der Waals surface area (Å²) in [5, 5.41) is 11.7. The van der Waals surface area contributed by atoms with Gasteiger partial charge in [-0.25, -0.2) is 10.1 Å². The van der Waals surface area contributed by atoms with E-state index in [0.717, 1.165) is 24.0 Å². The average Bonchev–Trinajstić information content (AvgIpc) is 3.30. The van der Waals surface area contributed by atoms with Gasteiger partial charge < -0.3 is 15.4 Å². The maximum Gasteiger partial charge on any atom is 0.290 e. The molecule has 4 heterocycles. The molecule has 1 fully saturated rings. The highest BCUT2D eigenvalue weighted by Crippen LogP contribution is 2.34. The van der Waals surface area contributed by atoms with Gasteiger partial charge in [0.2, 0.25) is 11.8 Å². The number of rotatable bonds is 5. The van der Waals surface area contributed by atoms with Crippen molar-refractivity contribution >= 4 is 22.6 Å². The zero-order chi connectivity index (χ0) is 24.5. The van der Waals surface area contributed by atoms with Crippen LogP contribution in [0.25, 0.3) is 22.2 Å². The second-order valence-corrected chi connectivity index (χ2v) is 8.49. The quantitative estimate of drug-likeness (QED) is 0.427. The zero-order valence-electron chi connectivity index (χ0n) is 19.3. The van der Waals surface area contributed by atoms with Gasteiger partial charge in [-0.15, -0.1) is 0 Å².